The van der Waals surface area contributed by atoms with Gasteiger partial charge < -0.3 is 11.1 Å². The van der Waals surface area contributed by atoms with Crippen molar-refractivity contribution in [2.24, 2.45) is 0 Å². The zero-order valence-corrected chi connectivity index (χ0v) is 10.2. The van der Waals surface area contributed by atoms with Gasteiger partial charge in [-0.15, -0.1) is 0 Å². The lowest BCUT2D eigenvalue weighted by molar-refractivity contribution is 0.734. The zero-order chi connectivity index (χ0) is 11.4. The first kappa shape index (κ1) is 14.8. The standard InChI is InChI=1S/C13H22N2.CH4/c1-5-9(3)10-7-12(14)11(6-2)13(8-10)15-4;/h7-9,15H,5-6,14H2,1-4H3;1H4. The molecule has 0 bridgehead atoms. The summed E-state index contributed by atoms with van der Waals surface area (Å²) in [5.41, 5.74) is 10.7. The van der Waals surface area contributed by atoms with Gasteiger partial charge in [0.25, 0.3) is 0 Å². The van der Waals surface area contributed by atoms with Crippen LogP contribution in [0.3, 0.4) is 0 Å². The average Bonchev–Trinajstić information content (AvgIpc) is 2.26. The van der Waals surface area contributed by atoms with E-state index in [1.54, 1.807) is 0 Å². The first-order chi connectivity index (χ1) is 7.13. The Labute approximate surface area is 100 Å². The maximum absolute atomic E-state index is 6.06. The summed E-state index contributed by atoms with van der Waals surface area (Å²) in [7, 11) is 1.95. The molecule has 1 atom stereocenters. The van der Waals surface area contributed by atoms with Gasteiger partial charge in [0.05, 0.1) is 0 Å². The van der Waals surface area contributed by atoms with Crippen molar-refractivity contribution in [1.29, 1.82) is 0 Å². The summed E-state index contributed by atoms with van der Waals surface area (Å²) in [6.45, 7) is 6.57. The summed E-state index contributed by atoms with van der Waals surface area (Å²) in [6, 6.07) is 4.34. The van der Waals surface area contributed by atoms with Crippen LogP contribution in [0.15, 0.2) is 12.1 Å². The molecule has 1 unspecified atom stereocenters. The molecule has 0 aromatic heterocycles. The van der Waals surface area contributed by atoms with Crippen molar-refractivity contribution >= 4 is 11.4 Å². The molecule has 2 nitrogen and oxygen atoms in total. The Morgan fingerprint density at radius 1 is 1.31 bits per heavy atom. The lowest BCUT2D eigenvalue weighted by Crippen LogP contribution is -2.03. The molecular weight excluding hydrogens is 196 g/mol. The number of rotatable bonds is 4. The smallest absolute Gasteiger partial charge is 0.0393 e. The Hall–Kier alpha value is -1.18. The summed E-state index contributed by atoms with van der Waals surface area (Å²) >= 11 is 0. The van der Waals surface area contributed by atoms with E-state index in [1.807, 2.05) is 7.05 Å². The van der Waals surface area contributed by atoms with Gasteiger partial charge in [-0.3, -0.25) is 0 Å². The highest BCUT2D eigenvalue weighted by Gasteiger charge is 2.09. The second kappa shape index (κ2) is 6.41. The van der Waals surface area contributed by atoms with Crippen molar-refractivity contribution in [3.63, 3.8) is 0 Å². The lowest BCUT2D eigenvalue weighted by Gasteiger charge is -2.16. The van der Waals surface area contributed by atoms with E-state index in [9.17, 15) is 0 Å². The molecule has 0 fully saturated rings. The first-order valence-electron chi connectivity index (χ1n) is 5.74. The molecule has 0 aliphatic carbocycles. The van der Waals surface area contributed by atoms with Gasteiger partial charge in [0.1, 0.15) is 0 Å². The van der Waals surface area contributed by atoms with Crippen LogP contribution >= 0.6 is 0 Å². The van der Waals surface area contributed by atoms with Crippen molar-refractivity contribution in [3.05, 3.63) is 23.3 Å². The number of hydrogen-bond acceptors (Lipinski definition) is 2. The van der Waals surface area contributed by atoms with Crippen LogP contribution in [0.4, 0.5) is 11.4 Å². The van der Waals surface area contributed by atoms with Crippen LogP contribution in [0.5, 0.6) is 0 Å². The van der Waals surface area contributed by atoms with Crippen LogP contribution in [-0.2, 0) is 6.42 Å². The van der Waals surface area contributed by atoms with Crippen molar-refractivity contribution in [2.75, 3.05) is 18.1 Å². The molecule has 0 radical (unpaired) electrons. The summed E-state index contributed by atoms with van der Waals surface area (Å²) < 4.78 is 0. The van der Waals surface area contributed by atoms with Crippen molar-refractivity contribution in [2.45, 2.75) is 47.0 Å². The van der Waals surface area contributed by atoms with Crippen LogP contribution in [0.2, 0.25) is 0 Å². The van der Waals surface area contributed by atoms with E-state index < -0.39 is 0 Å². The van der Waals surface area contributed by atoms with Crippen LogP contribution in [0, 0.1) is 0 Å². The third kappa shape index (κ3) is 2.91. The second-order valence-corrected chi connectivity index (χ2v) is 4.05. The number of nitrogens with one attached hydrogen (secondary N) is 1. The van der Waals surface area contributed by atoms with Gasteiger partial charge in [-0.2, -0.15) is 0 Å². The normalized spacial score (nSPS) is 11.8. The fraction of sp³-hybridized carbons (Fsp3) is 0.571. The summed E-state index contributed by atoms with van der Waals surface area (Å²) in [5.74, 6) is 0.574. The Balaban J connectivity index is 0.00000225. The number of anilines is 2. The molecule has 0 amide bonds. The fourth-order valence-corrected chi connectivity index (χ4v) is 1.86. The van der Waals surface area contributed by atoms with E-state index in [2.05, 4.69) is 38.2 Å². The minimum atomic E-state index is 0. The topological polar surface area (TPSA) is 38.0 Å². The average molecular weight is 222 g/mol. The zero-order valence-electron chi connectivity index (χ0n) is 10.2. The van der Waals surface area contributed by atoms with Gasteiger partial charge in [0, 0.05) is 18.4 Å². The van der Waals surface area contributed by atoms with E-state index in [4.69, 9.17) is 5.73 Å². The molecule has 0 spiro atoms. The van der Waals surface area contributed by atoms with Crippen molar-refractivity contribution in [3.8, 4) is 0 Å². The van der Waals surface area contributed by atoms with Crippen molar-refractivity contribution < 1.29 is 0 Å². The van der Waals surface area contributed by atoms with E-state index in [0.717, 1.165) is 18.5 Å². The largest absolute Gasteiger partial charge is 0.398 e. The number of benzene rings is 1. The molecule has 3 N–H and O–H groups in total. The van der Waals surface area contributed by atoms with Crippen molar-refractivity contribution in [1.82, 2.24) is 0 Å². The van der Waals surface area contributed by atoms with Crippen LogP contribution in [0.25, 0.3) is 0 Å². The highest BCUT2D eigenvalue weighted by atomic mass is 14.8. The summed E-state index contributed by atoms with van der Waals surface area (Å²) in [6.07, 6.45) is 2.12. The molecule has 1 rings (SSSR count). The fourth-order valence-electron chi connectivity index (χ4n) is 1.86. The predicted octanol–water partition coefficient (Wildman–Crippen LogP) is 4.02. The molecule has 1 aromatic rings. The Kier molecular flexibility index (Phi) is 5.94. The molecule has 1 aromatic carbocycles. The highest BCUT2D eigenvalue weighted by Crippen LogP contribution is 2.29. The molecule has 0 heterocycles. The Morgan fingerprint density at radius 3 is 2.38 bits per heavy atom. The van der Waals surface area contributed by atoms with E-state index >= 15 is 0 Å². The van der Waals surface area contributed by atoms with Gasteiger partial charge in [0.15, 0.2) is 0 Å². The third-order valence-corrected chi connectivity index (χ3v) is 3.11. The maximum atomic E-state index is 6.06. The molecule has 2 heteroatoms. The molecule has 0 aliphatic heterocycles. The van der Waals surface area contributed by atoms with Gasteiger partial charge in [-0.05, 0) is 42.0 Å². The summed E-state index contributed by atoms with van der Waals surface area (Å²) in [5, 5.41) is 3.23. The monoisotopic (exact) mass is 222 g/mol. The lowest BCUT2D eigenvalue weighted by atomic mass is 9.94. The van der Waals surface area contributed by atoms with E-state index in [1.165, 1.54) is 16.8 Å². The van der Waals surface area contributed by atoms with Gasteiger partial charge in [-0.1, -0.05) is 28.2 Å². The number of nitrogen functional groups attached to an aromatic ring is 1. The first-order valence-corrected chi connectivity index (χ1v) is 5.74. The summed E-state index contributed by atoms with van der Waals surface area (Å²) in [4.78, 5) is 0. The molecule has 92 valence electrons. The van der Waals surface area contributed by atoms with E-state index in [-0.39, 0.29) is 7.43 Å². The molecular formula is C14H26N2. The van der Waals surface area contributed by atoms with Crippen LogP contribution < -0.4 is 11.1 Å². The molecule has 0 saturated carbocycles. The third-order valence-electron chi connectivity index (χ3n) is 3.11. The van der Waals surface area contributed by atoms with Gasteiger partial charge in [0.2, 0.25) is 0 Å². The molecule has 16 heavy (non-hydrogen) atoms. The minimum Gasteiger partial charge on any atom is -0.398 e. The van der Waals surface area contributed by atoms with Crippen LogP contribution in [-0.4, -0.2) is 7.05 Å². The SMILES string of the molecule is C.CCc1c(N)cc(C(C)CC)cc1NC. The second-order valence-electron chi connectivity index (χ2n) is 4.05. The maximum Gasteiger partial charge on any atom is 0.0393 e. The molecule has 0 aliphatic rings. The van der Waals surface area contributed by atoms with E-state index in [0.29, 0.717) is 5.92 Å². The van der Waals surface area contributed by atoms with Gasteiger partial charge in [-0.25, -0.2) is 0 Å². The minimum absolute atomic E-state index is 0. The molecule has 0 saturated heterocycles. The Morgan fingerprint density at radius 2 is 1.94 bits per heavy atom. The quantitative estimate of drug-likeness (QED) is 0.755. The van der Waals surface area contributed by atoms with Crippen LogP contribution in [0.1, 0.15) is 51.7 Å². The predicted molar refractivity (Wildman–Crippen MR) is 75.2 cm³/mol. The number of hydrogen-bond donors (Lipinski definition) is 2. The highest BCUT2D eigenvalue weighted by molar-refractivity contribution is 5.65. The van der Waals surface area contributed by atoms with Gasteiger partial charge >= 0.3 is 0 Å². The number of nitrogens with two attached hydrogens (primary N) is 1. The Bertz CT molecular complexity index is 332.